The number of amides is 1. The van der Waals surface area contributed by atoms with Gasteiger partial charge >= 0.3 is 0 Å². The van der Waals surface area contributed by atoms with Gasteiger partial charge in [0.05, 0.1) is 17.0 Å². The molecule has 35 heavy (non-hydrogen) atoms. The first-order chi connectivity index (χ1) is 16.8. The molecule has 0 fully saturated rings. The minimum Gasteiger partial charge on any atom is -0.345 e. The van der Waals surface area contributed by atoms with E-state index in [2.05, 4.69) is 5.32 Å². The number of nitrogens with one attached hydrogen (secondary N) is 2. The smallest absolute Gasteiger partial charge is 0.267 e. The molecule has 3 aromatic heterocycles. The Morgan fingerprint density at radius 3 is 2.40 bits per heavy atom. The Hall–Kier alpha value is -4.52. The highest BCUT2D eigenvalue weighted by atomic mass is 16.2. The normalized spacial score (nSPS) is 12.1. The highest BCUT2D eigenvalue weighted by Gasteiger charge is 2.20. The van der Waals surface area contributed by atoms with Crippen molar-refractivity contribution in [2.75, 3.05) is 0 Å². The van der Waals surface area contributed by atoms with Gasteiger partial charge in [-0.15, -0.1) is 0 Å². The van der Waals surface area contributed by atoms with Gasteiger partial charge in [0.2, 0.25) is 0 Å². The van der Waals surface area contributed by atoms with Crippen molar-refractivity contribution in [3.8, 4) is 5.69 Å². The van der Waals surface area contributed by atoms with Crippen LogP contribution in [-0.4, -0.2) is 19.9 Å². The average molecular weight is 464 g/mol. The first-order valence-electron chi connectivity index (χ1n) is 11.4. The molecule has 0 aliphatic carbocycles. The molecular weight excluding hydrogens is 438 g/mol. The van der Waals surface area contributed by atoms with Crippen molar-refractivity contribution in [2.45, 2.75) is 26.8 Å². The number of aromatic nitrogens is 3. The van der Waals surface area contributed by atoms with Crippen LogP contribution in [0.4, 0.5) is 0 Å². The largest absolute Gasteiger partial charge is 0.345 e. The molecule has 0 radical (unpaired) electrons. The van der Waals surface area contributed by atoms with Crippen LogP contribution in [0.3, 0.4) is 0 Å². The third kappa shape index (κ3) is 3.91. The second-order valence-electron chi connectivity index (χ2n) is 8.72. The number of rotatable bonds is 4. The van der Waals surface area contributed by atoms with E-state index in [-0.39, 0.29) is 28.0 Å². The van der Waals surface area contributed by atoms with Gasteiger partial charge in [0, 0.05) is 11.9 Å². The number of hydrogen-bond acceptors (Lipinski definition) is 4. The summed E-state index contributed by atoms with van der Waals surface area (Å²) in [5.41, 5.74) is 4.13. The lowest BCUT2D eigenvalue weighted by atomic mass is 10.1. The zero-order valence-electron chi connectivity index (χ0n) is 19.7. The molecule has 174 valence electrons. The van der Waals surface area contributed by atoms with E-state index in [1.807, 2.05) is 81.4 Å². The zero-order chi connectivity index (χ0) is 24.7. The molecule has 0 saturated carbocycles. The van der Waals surface area contributed by atoms with E-state index < -0.39 is 5.91 Å². The van der Waals surface area contributed by atoms with E-state index in [4.69, 9.17) is 10.4 Å². The molecule has 1 unspecified atom stereocenters. The van der Waals surface area contributed by atoms with Crippen molar-refractivity contribution < 1.29 is 4.79 Å². The molecule has 0 saturated heterocycles. The average Bonchev–Trinajstić information content (AvgIpc) is 2.86. The molecule has 5 aromatic rings. The molecule has 1 atom stereocenters. The number of benzene rings is 2. The molecule has 7 nitrogen and oxygen atoms in total. The van der Waals surface area contributed by atoms with E-state index in [1.54, 1.807) is 16.8 Å². The molecular formula is C28H25N5O2. The van der Waals surface area contributed by atoms with Crippen LogP contribution in [-0.2, 0) is 0 Å². The van der Waals surface area contributed by atoms with Crippen molar-refractivity contribution in [2.24, 2.45) is 0 Å². The maximum atomic E-state index is 13.5. The molecule has 7 heteroatoms. The van der Waals surface area contributed by atoms with E-state index in [0.717, 1.165) is 16.7 Å². The topological polar surface area (TPSA) is 92.2 Å². The lowest BCUT2D eigenvalue weighted by Crippen LogP contribution is -2.35. The number of carbonyl (C=O) groups is 1. The Bertz CT molecular complexity index is 1700. The predicted octanol–water partition coefficient (Wildman–Crippen LogP) is 4.23. The van der Waals surface area contributed by atoms with Crippen LogP contribution in [0.5, 0.6) is 0 Å². The Morgan fingerprint density at radius 2 is 1.69 bits per heavy atom. The van der Waals surface area contributed by atoms with Crippen LogP contribution < -0.4 is 16.4 Å². The number of carbonyl (C=O) groups excluding carboxylic acids is 1. The van der Waals surface area contributed by atoms with Gasteiger partial charge in [0.15, 0.2) is 5.65 Å². The third-order valence-corrected chi connectivity index (χ3v) is 6.23. The number of hydrogen-bond donors (Lipinski definition) is 2. The summed E-state index contributed by atoms with van der Waals surface area (Å²) in [6.07, 6.45) is 1.67. The fraction of sp³-hybridized carbons (Fsp3) is 0.143. The van der Waals surface area contributed by atoms with Crippen LogP contribution in [0.25, 0.3) is 22.4 Å². The maximum absolute atomic E-state index is 13.5. The minimum absolute atomic E-state index is 0.0380. The summed E-state index contributed by atoms with van der Waals surface area (Å²) in [6, 6.07) is 22.1. The van der Waals surface area contributed by atoms with Gasteiger partial charge in [0.25, 0.3) is 11.5 Å². The minimum atomic E-state index is -0.428. The summed E-state index contributed by atoms with van der Waals surface area (Å²) in [4.78, 5) is 31.7. The molecule has 0 aliphatic heterocycles. The van der Waals surface area contributed by atoms with Crippen LogP contribution in [0, 0.1) is 19.3 Å². The van der Waals surface area contributed by atoms with Crippen molar-refractivity contribution in [1.82, 2.24) is 19.3 Å². The van der Waals surface area contributed by atoms with E-state index >= 15 is 0 Å². The van der Waals surface area contributed by atoms with E-state index in [0.29, 0.717) is 17.0 Å². The summed E-state index contributed by atoms with van der Waals surface area (Å²) in [5, 5.41) is 12.2. The Labute approximate surface area is 201 Å². The van der Waals surface area contributed by atoms with Gasteiger partial charge in [-0.2, -0.15) is 0 Å². The molecule has 2 aromatic carbocycles. The zero-order valence-corrected chi connectivity index (χ0v) is 19.7. The van der Waals surface area contributed by atoms with Gasteiger partial charge in [-0.1, -0.05) is 54.1 Å². The predicted molar refractivity (Wildman–Crippen MR) is 136 cm³/mol. The standard InChI is InChI=1S/C28H25N5O2/c1-17-11-13-21(14-12-17)33-24(29)22(27(34)30-19(3)20-9-5-4-6-10-20)16-23-26(33)31-25-18(2)8-7-15-32(25)28(23)35/h4-16,19,29H,1-3H3,(H,30,34). The Morgan fingerprint density at radius 1 is 0.971 bits per heavy atom. The third-order valence-electron chi connectivity index (χ3n) is 6.23. The summed E-state index contributed by atoms with van der Waals surface area (Å²) >= 11 is 0. The summed E-state index contributed by atoms with van der Waals surface area (Å²) in [6.45, 7) is 5.75. The fourth-order valence-corrected chi connectivity index (χ4v) is 4.25. The summed E-state index contributed by atoms with van der Waals surface area (Å²) in [7, 11) is 0. The molecule has 3 heterocycles. The number of pyridine rings is 2. The van der Waals surface area contributed by atoms with Gasteiger partial charge in [-0.3, -0.25) is 24.0 Å². The highest BCUT2D eigenvalue weighted by molar-refractivity contribution is 5.97. The fourth-order valence-electron chi connectivity index (χ4n) is 4.25. The second-order valence-corrected chi connectivity index (χ2v) is 8.72. The van der Waals surface area contributed by atoms with E-state index in [9.17, 15) is 9.59 Å². The van der Waals surface area contributed by atoms with Crippen LogP contribution >= 0.6 is 0 Å². The highest BCUT2D eigenvalue weighted by Crippen LogP contribution is 2.18. The molecule has 0 aliphatic rings. The first kappa shape index (κ1) is 22.3. The summed E-state index contributed by atoms with van der Waals surface area (Å²) in [5.74, 6) is -0.428. The summed E-state index contributed by atoms with van der Waals surface area (Å²) < 4.78 is 3.06. The maximum Gasteiger partial charge on any atom is 0.267 e. The lowest BCUT2D eigenvalue weighted by molar-refractivity contribution is 0.0937. The van der Waals surface area contributed by atoms with Gasteiger partial charge < -0.3 is 5.32 Å². The van der Waals surface area contributed by atoms with E-state index in [1.165, 1.54) is 10.5 Å². The molecule has 0 spiro atoms. The number of aryl methyl sites for hydroxylation is 2. The number of fused-ring (bicyclic) bond motifs is 2. The molecule has 5 rings (SSSR count). The monoisotopic (exact) mass is 463 g/mol. The first-order valence-corrected chi connectivity index (χ1v) is 11.4. The lowest BCUT2D eigenvalue weighted by Gasteiger charge is -2.17. The Kier molecular flexibility index (Phi) is 5.53. The van der Waals surface area contributed by atoms with Crippen molar-refractivity contribution in [3.63, 3.8) is 0 Å². The van der Waals surface area contributed by atoms with Crippen LogP contribution in [0.15, 0.2) is 83.8 Å². The molecule has 1 amide bonds. The SMILES string of the molecule is Cc1ccc(-n2c(=N)c(C(=O)NC(C)c3ccccc3)cc3c(=O)n4cccc(C)c4nc32)cc1. The van der Waals surface area contributed by atoms with Gasteiger partial charge in [-0.25, -0.2) is 4.98 Å². The molecule has 0 bridgehead atoms. The number of nitrogens with zero attached hydrogens (tertiary/aromatic N) is 3. The molecule has 2 N–H and O–H groups in total. The van der Waals surface area contributed by atoms with Gasteiger partial charge in [0.1, 0.15) is 11.1 Å². The van der Waals surface area contributed by atoms with Gasteiger partial charge in [-0.05, 0) is 56.2 Å². The second kappa shape index (κ2) is 8.68. The Balaban J connectivity index is 1.77. The van der Waals surface area contributed by atoms with Crippen molar-refractivity contribution >= 4 is 22.6 Å². The van der Waals surface area contributed by atoms with Crippen molar-refractivity contribution in [3.05, 3.63) is 117 Å². The quantitative estimate of drug-likeness (QED) is 0.391. The van der Waals surface area contributed by atoms with Crippen LogP contribution in [0.2, 0.25) is 0 Å². The van der Waals surface area contributed by atoms with Crippen LogP contribution in [0.1, 0.15) is 40.0 Å². The van der Waals surface area contributed by atoms with Crippen molar-refractivity contribution in [1.29, 1.82) is 5.41 Å².